The molecule has 4 nitrogen and oxygen atoms in total. The Morgan fingerprint density at radius 3 is 2.73 bits per heavy atom. The topological polar surface area (TPSA) is 60.9 Å². The maximum atomic E-state index is 12.3. The van der Waals surface area contributed by atoms with E-state index in [0.717, 1.165) is 25.7 Å². The van der Waals surface area contributed by atoms with E-state index in [9.17, 15) is 4.79 Å². The first-order chi connectivity index (χ1) is 7.18. The molecular weight excluding hydrogens is 190 g/mol. The molecule has 1 aromatic rings. The van der Waals surface area contributed by atoms with E-state index in [1.54, 1.807) is 16.9 Å². The van der Waals surface area contributed by atoms with E-state index >= 15 is 0 Å². The van der Waals surface area contributed by atoms with Gasteiger partial charge in [0.25, 0.3) is 0 Å². The first-order valence-corrected chi connectivity index (χ1v) is 5.42. The summed E-state index contributed by atoms with van der Waals surface area (Å²) in [4.78, 5) is 12.3. The summed E-state index contributed by atoms with van der Waals surface area (Å²) in [5.41, 5.74) is 5.99. The minimum Gasteiger partial charge on any atom is -0.329 e. The van der Waals surface area contributed by atoms with Crippen LogP contribution in [0.4, 0.5) is 0 Å². The van der Waals surface area contributed by atoms with E-state index < -0.39 is 0 Å². The molecule has 4 heteroatoms. The molecule has 0 atom stereocenters. The normalized spacial score (nSPS) is 19.3. The SMILES string of the molecule is Cn1ccc(C(=O)C2(CN)CCCC2)n1. The smallest absolute Gasteiger partial charge is 0.190 e. The summed E-state index contributed by atoms with van der Waals surface area (Å²) in [5, 5.41) is 4.16. The molecule has 82 valence electrons. The Bertz CT molecular complexity index is 364. The van der Waals surface area contributed by atoms with Crippen molar-refractivity contribution >= 4 is 5.78 Å². The van der Waals surface area contributed by atoms with E-state index in [-0.39, 0.29) is 11.2 Å². The average Bonchev–Trinajstić information content (AvgIpc) is 2.86. The number of Topliss-reactive ketones (excluding diaryl/α,β-unsaturated/α-hetero) is 1. The first kappa shape index (κ1) is 10.4. The van der Waals surface area contributed by atoms with Crippen molar-refractivity contribution in [3.8, 4) is 0 Å². The molecule has 1 heterocycles. The van der Waals surface area contributed by atoms with Crippen molar-refractivity contribution < 1.29 is 4.79 Å². The highest BCUT2D eigenvalue weighted by Crippen LogP contribution is 2.39. The predicted molar refractivity (Wildman–Crippen MR) is 57.5 cm³/mol. The second-order valence-corrected chi connectivity index (χ2v) is 4.40. The lowest BCUT2D eigenvalue weighted by Crippen LogP contribution is -2.36. The molecule has 1 aromatic heterocycles. The van der Waals surface area contributed by atoms with E-state index in [1.807, 2.05) is 7.05 Å². The Kier molecular flexibility index (Phi) is 2.61. The maximum Gasteiger partial charge on any atom is 0.190 e. The highest BCUT2D eigenvalue weighted by atomic mass is 16.1. The van der Waals surface area contributed by atoms with E-state index in [0.29, 0.717) is 12.2 Å². The van der Waals surface area contributed by atoms with Crippen molar-refractivity contribution in [1.29, 1.82) is 0 Å². The lowest BCUT2D eigenvalue weighted by atomic mass is 9.80. The quantitative estimate of drug-likeness (QED) is 0.755. The molecule has 1 aliphatic carbocycles. The number of nitrogens with two attached hydrogens (primary N) is 1. The molecule has 2 rings (SSSR count). The zero-order chi connectivity index (χ0) is 10.9. The third-order valence-corrected chi connectivity index (χ3v) is 3.38. The van der Waals surface area contributed by atoms with Gasteiger partial charge in [0.2, 0.25) is 0 Å². The Labute approximate surface area is 89.5 Å². The predicted octanol–water partition coefficient (Wildman–Crippen LogP) is 1.12. The number of hydrogen-bond donors (Lipinski definition) is 1. The van der Waals surface area contributed by atoms with Crippen molar-refractivity contribution in [2.24, 2.45) is 18.2 Å². The Hall–Kier alpha value is -1.16. The van der Waals surface area contributed by atoms with Gasteiger partial charge in [-0.15, -0.1) is 0 Å². The summed E-state index contributed by atoms with van der Waals surface area (Å²) in [6, 6.07) is 1.78. The highest BCUT2D eigenvalue weighted by Gasteiger charge is 2.40. The van der Waals surface area contributed by atoms with Gasteiger partial charge in [0.15, 0.2) is 5.78 Å². The molecule has 0 aliphatic heterocycles. The van der Waals surface area contributed by atoms with Crippen LogP contribution in [-0.2, 0) is 7.05 Å². The zero-order valence-corrected chi connectivity index (χ0v) is 9.07. The van der Waals surface area contributed by atoms with Crippen LogP contribution in [0, 0.1) is 5.41 Å². The lowest BCUT2D eigenvalue weighted by molar-refractivity contribution is 0.0803. The van der Waals surface area contributed by atoms with Crippen molar-refractivity contribution in [1.82, 2.24) is 9.78 Å². The van der Waals surface area contributed by atoms with Gasteiger partial charge in [0.05, 0.1) is 0 Å². The number of nitrogens with zero attached hydrogens (tertiary/aromatic N) is 2. The van der Waals surface area contributed by atoms with Gasteiger partial charge in [-0.2, -0.15) is 5.10 Å². The fourth-order valence-corrected chi connectivity index (χ4v) is 2.38. The van der Waals surface area contributed by atoms with Crippen LogP contribution >= 0.6 is 0 Å². The number of aryl methyl sites for hydroxylation is 1. The summed E-state index contributed by atoms with van der Waals surface area (Å²) in [6.45, 7) is 0.447. The van der Waals surface area contributed by atoms with Crippen LogP contribution in [0.5, 0.6) is 0 Å². The van der Waals surface area contributed by atoms with Crippen LogP contribution in [0.2, 0.25) is 0 Å². The average molecular weight is 207 g/mol. The third-order valence-electron chi connectivity index (χ3n) is 3.38. The van der Waals surface area contributed by atoms with Crippen molar-refractivity contribution in [3.05, 3.63) is 18.0 Å². The molecule has 0 spiro atoms. The van der Waals surface area contributed by atoms with Gasteiger partial charge in [-0.25, -0.2) is 0 Å². The molecule has 15 heavy (non-hydrogen) atoms. The number of carbonyl (C=O) groups excluding carboxylic acids is 1. The van der Waals surface area contributed by atoms with Gasteiger partial charge >= 0.3 is 0 Å². The van der Waals surface area contributed by atoms with Crippen LogP contribution in [0.1, 0.15) is 36.2 Å². The van der Waals surface area contributed by atoms with Gasteiger partial charge in [0, 0.05) is 25.2 Å². The van der Waals surface area contributed by atoms with Gasteiger partial charge in [-0.3, -0.25) is 9.48 Å². The molecule has 1 fully saturated rings. The first-order valence-electron chi connectivity index (χ1n) is 5.42. The van der Waals surface area contributed by atoms with Gasteiger partial charge < -0.3 is 5.73 Å². The summed E-state index contributed by atoms with van der Waals surface area (Å²) >= 11 is 0. The number of rotatable bonds is 3. The summed E-state index contributed by atoms with van der Waals surface area (Å²) < 4.78 is 1.66. The molecule has 1 aliphatic rings. The van der Waals surface area contributed by atoms with Crippen molar-refractivity contribution in [2.75, 3.05) is 6.54 Å². The second kappa shape index (κ2) is 3.77. The van der Waals surface area contributed by atoms with Gasteiger partial charge in [-0.1, -0.05) is 12.8 Å². The van der Waals surface area contributed by atoms with Crippen molar-refractivity contribution in [3.63, 3.8) is 0 Å². The molecule has 0 unspecified atom stereocenters. The summed E-state index contributed by atoms with van der Waals surface area (Å²) in [6.07, 6.45) is 5.84. The molecule has 0 saturated heterocycles. The number of ketones is 1. The van der Waals surface area contributed by atoms with E-state index in [2.05, 4.69) is 5.10 Å². The molecule has 0 amide bonds. The van der Waals surface area contributed by atoms with Gasteiger partial charge in [-0.05, 0) is 18.9 Å². The fourth-order valence-electron chi connectivity index (χ4n) is 2.38. The largest absolute Gasteiger partial charge is 0.329 e. The van der Waals surface area contributed by atoms with Gasteiger partial charge in [0.1, 0.15) is 5.69 Å². The number of hydrogen-bond acceptors (Lipinski definition) is 3. The van der Waals surface area contributed by atoms with Crippen molar-refractivity contribution in [2.45, 2.75) is 25.7 Å². The fraction of sp³-hybridized carbons (Fsp3) is 0.636. The second-order valence-electron chi connectivity index (χ2n) is 4.40. The van der Waals surface area contributed by atoms with Crippen LogP contribution in [0.15, 0.2) is 12.3 Å². The third kappa shape index (κ3) is 1.69. The minimum absolute atomic E-state index is 0.128. The molecule has 0 aromatic carbocycles. The van der Waals surface area contributed by atoms with Crippen LogP contribution in [0.3, 0.4) is 0 Å². The number of carbonyl (C=O) groups is 1. The Balaban J connectivity index is 2.26. The zero-order valence-electron chi connectivity index (χ0n) is 9.07. The van der Waals surface area contributed by atoms with Crippen LogP contribution in [-0.4, -0.2) is 22.1 Å². The number of aromatic nitrogens is 2. The monoisotopic (exact) mass is 207 g/mol. The van der Waals surface area contributed by atoms with Crippen LogP contribution < -0.4 is 5.73 Å². The highest BCUT2D eigenvalue weighted by molar-refractivity contribution is 5.99. The molecule has 2 N–H and O–H groups in total. The lowest BCUT2D eigenvalue weighted by Gasteiger charge is -2.23. The Morgan fingerprint density at radius 1 is 1.60 bits per heavy atom. The molecular formula is C11H17N3O. The molecule has 0 bridgehead atoms. The van der Waals surface area contributed by atoms with E-state index in [4.69, 9.17) is 5.73 Å². The molecule has 0 radical (unpaired) electrons. The van der Waals surface area contributed by atoms with E-state index in [1.165, 1.54) is 0 Å². The standard InChI is InChI=1S/C11H17N3O/c1-14-7-4-9(13-14)10(15)11(8-12)5-2-3-6-11/h4,7H,2-3,5-6,8,12H2,1H3. The summed E-state index contributed by atoms with van der Waals surface area (Å²) in [5.74, 6) is 0.128. The molecule has 1 saturated carbocycles. The Morgan fingerprint density at radius 2 is 2.27 bits per heavy atom. The summed E-state index contributed by atoms with van der Waals surface area (Å²) in [7, 11) is 1.82. The minimum atomic E-state index is -0.325. The van der Waals surface area contributed by atoms with Crippen LogP contribution in [0.25, 0.3) is 0 Å². The maximum absolute atomic E-state index is 12.3.